The first-order chi connectivity index (χ1) is 12.9. The molecule has 1 saturated heterocycles. The number of Topliss-reactive ketones (excluding diaryl/α,β-unsaturated/α-hetero) is 1. The van der Waals surface area contributed by atoms with Crippen molar-refractivity contribution in [3.05, 3.63) is 76.3 Å². The number of amides is 1. The maximum Gasteiger partial charge on any atom is 0.295 e. The third-order valence-corrected chi connectivity index (χ3v) is 4.81. The van der Waals surface area contributed by atoms with Gasteiger partial charge in [-0.05, 0) is 43.9 Å². The van der Waals surface area contributed by atoms with Crippen LogP contribution in [-0.2, 0) is 9.59 Å². The van der Waals surface area contributed by atoms with Crippen LogP contribution in [0.25, 0.3) is 5.76 Å². The Labute approximate surface area is 163 Å². The summed E-state index contributed by atoms with van der Waals surface area (Å²) in [4.78, 5) is 28.9. The molecule has 2 aromatic carbocycles. The predicted octanol–water partition coefficient (Wildman–Crippen LogP) is 3.32. The van der Waals surface area contributed by atoms with Gasteiger partial charge in [-0.15, -0.1) is 0 Å². The molecule has 27 heavy (non-hydrogen) atoms. The molecule has 1 amide bonds. The summed E-state index contributed by atoms with van der Waals surface area (Å²) in [6.45, 7) is 0.992. The summed E-state index contributed by atoms with van der Waals surface area (Å²) >= 11 is 5.91. The molecule has 0 bridgehead atoms. The number of likely N-dealkylation sites (tertiary alicyclic amines) is 1. The van der Waals surface area contributed by atoms with Crippen molar-refractivity contribution < 1.29 is 14.7 Å². The van der Waals surface area contributed by atoms with Crippen LogP contribution in [0.5, 0.6) is 0 Å². The fraction of sp³-hybridized carbons (Fsp3) is 0.238. The van der Waals surface area contributed by atoms with Gasteiger partial charge in [0.05, 0.1) is 11.6 Å². The van der Waals surface area contributed by atoms with E-state index in [4.69, 9.17) is 11.6 Å². The molecular formula is C21H21ClN2O3. The van der Waals surface area contributed by atoms with Gasteiger partial charge in [0.25, 0.3) is 11.7 Å². The number of nitrogens with zero attached hydrogens (tertiary/aromatic N) is 2. The Morgan fingerprint density at radius 3 is 2.30 bits per heavy atom. The van der Waals surface area contributed by atoms with Crippen LogP contribution in [0, 0.1) is 0 Å². The molecule has 1 N–H and O–H groups in total. The number of rotatable bonds is 5. The lowest BCUT2D eigenvalue weighted by Gasteiger charge is -2.26. The lowest BCUT2D eigenvalue weighted by atomic mass is 9.95. The van der Waals surface area contributed by atoms with Crippen molar-refractivity contribution in [2.75, 3.05) is 27.2 Å². The van der Waals surface area contributed by atoms with Crippen molar-refractivity contribution in [2.24, 2.45) is 0 Å². The van der Waals surface area contributed by atoms with Gasteiger partial charge in [0.2, 0.25) is 0 Å². The largest absolute Gasteiger partial charge is 0.507 e. The first-order valence-corrected chi connectivity index (χ1v) is 9.02. The van der Waals surface area contributed by atoms with Gasteiger partial charge in [-0.2, -0.15) is 0 Å². The van der Waals surface area contributed by atoms with Crippen molar-refractivity contribution in [1.29, 1.82) is 0 Å². The van der Waals surface area contributed by atoms with Gasteiger partial charge >= 0.3 is 0 Å². The Kier molecular flexibility index (Phi) is 5.63. The highest BCUT2D eigenvalue weighted by Crippen LogP contribution is 2.39. The minimum absolute atomic E-state index is 0.104. The molecule has 1 aliphatic heterocycles. The first-order valence-electron chi connectivity index (χ1n) is 8.64. The molecule has 1 aliphatic rings. The maximum absolute atomic E-state index is 12.8. The van der Waals surface area contributed by atoms with Crippen molar-refractivity contribution in [3.63, 3.8) is 0 Å². The number of aliphatic hydroxyl groups excluding tert-OH is 1. The number of hydrogen-bond acceptors (Lipinski definition) is 4. The number of aliphatic hydroxyl groups is 1. The van der Waals surface area contributed by atoms with Crippen LogP contribution in [0.3, 0.4) is 0 Å². The molecule has 0 saturated carbocycles. The van der Waals surface area contributed by atoms with Gasteiger partial charge in [-0.25, -0.2) is 0 Å². The topological polar surface area (TPSA) is 60.9 Å². The van der Waals surface area contributed by atoms with Gasteiger partial charge in [-0.3, -0.25) is 9.59 Å². The summed E-state index contributed by atoms with van der Waals surface area (Å²) < 4.78 is 0. The van der Waals surface area contributed by atoms with Crippen LogP contribution < -0.4 is 0 Å². The second-order valence-corrected chi connectivity index (χ2v) is 7.15. The molecule has 3 rings (SSSR count). The summed E-state index contributed by atoms with van der Waals surface area (Å²) in [5, 5.41) is 11.4. The van der Waals surface area contributed by atoms with Crippen LogP contribution in [-0.4, -0.2) is 53.8 Å². The third kappa shape index (κ3) is 3.89. The molecule has 2 aromatic rings. The summed E-state index contributed by atoms with van der Waals surface area (Å²) in [6.07, 6.45) is 0. The number of benzene rings is 2. The van der Waals surface area contributed by atoms with Gasteiger partial charge in [0, 0.05) is 23.7 Å². The van der Waals surface area contributed by atoms with Crippen molar-refractivity contribution in [3.8, 4) is 0 Å². The van der Waals surface area contributed by atoms with Crippen LogP contribution in [0.2, 0.25) is 5.02 Å². The fourth-order valence-electron chi connectivity index (χ4n) is 3.16. The van der Waals surface area contributed by atoms with Gasteiger partial charge < -0.3 is 14.9 Å². The maximum atomic E-state index is 12.8. The molecule has 0 aliphatic carbocycles. The molecule has 5 nitrogen and oxygen atoms in total. The molecule has 0 spiro atoms. The second-order valence-electron chi connectivity index (χ2n) is 6.71. The summed E-state index contributed by atoms with van der Waals surface area (Å²) in [7, 11) is 3.81. The lowest BCUT2D eigenvalue weighted by molar-refractivity contribution is -0.140. The first kappa shape index (κ1) is 19.1. The van der Waals surface area contributed by atoms with E-state index >= 15 is 0 Å². The molecule has 1 fully saturated rings. The van der Waals surface area contributed by atoms with Crippen molar-refractivity contribution in [2.45, 2.75) is 6.04 Å². The predicted molar refractivity (Wildman–Crippen MR) is 105 cm³/mol. The van der Waals surface area contributed by atoms with Gasteiger partial charge in [-0.1, -0.05) is 41.9 Å². The Balaban J connectivity index is 2.12. The van der Waals surface area contributed by atoms with E-state index < -0.39 is 17.7 Å². The van der Waals surface area contributed by atoms with Crippen molar-refractivity contribution >= 4 is 29.1 Å². The van der Waals surface area contributed by atoms with Crippen LogP contribution in [0.4, 0.5) is 0 Å². The highest BCUT2D eigenvalue weighted by molar-refractivity contribution is 6.46. The zero-order chi connectivity index (χ0) is 19.6. The van der Waals surface area contributed by atoms with E-state index in [0.717, 1.165) is 5.56 Å². The average Bonchev–Trinajstić information content (AvgIpc) is 2.91. The Bertz CT molecular complexity index is 876. The van der Waals surface area contributed by atoms with E-state index in [-0.39, 0.29) is 11.3 Å². The SMILES string of the molecule is CN(C)CCN1C(=O)C(=O)/C(=C(/O)c2ccc(Cl)cc2)[C@@H]1c1ccccc1. The highest BCUT2D eigenvalue weighted by Gasteiger charge is 2.45. The minimum Gasteiger partial charge on any atom is -0.507 e. The minimum atomic E-state index is -0.671. The normalized spacial score (nSPS) is 19.1. The molecular weight excluding hydrogens is 364 g/mol. The third-order valence-electron chi connectivity index (χ3n) is 4.56. The summed E-state index contributed by atoms with van der Waals surface area (Å²) in [5.74, 6) is -1.46. The van der Waals surface area contributed by atoms with E-state index in [0.29, 0.717) is 23.7 Å². The van der Waals surface area contributed by atoms with E-state index in [1.54, 1.807) is 24.3 Å². The molecule has 0 aromatic heterocycles. The number of carbonyl (C=O) groups excluding carboxylic acids is 2. The summed E-state index contributed by atoms with van der Waals surface area (Å²) in [6, 6.07) is 15.2. The molecule has 0 unspecified atom stereocenters. The Hall–Kier alpha value is -2.63. The van der Waals surface area contributed by atoms with Gasteiger partial charge in [0.15, 0.2) is 0 Å². The standard InChI is InChI=1S/C21H21ClN2O3/c1-23(2)12-13-24-18(14-6-4-3-5-7-14)17(20(26)21(24)27)19(25)15-8-10-16(22)11-9-15/h3-11,18,25H,12-13H2,1-2H3/b19-17+/t18-/m0/s1. The highest BCUT2D eigenvalue weighted by atomic mass is 35.5. The summed E-state index contributed by atoms with van der Waals surface area (Å²) in [5.41, 5.74) is 1.34. The molecule has 140 valence electrons. The van der Waals surface area contributed by atoms with Crippen LogP contribution in [0.15, 0.2) is 60.2 Å². The number of ketones is 1. The van der Waals surface area contributed by atoms with Crippen LogP contribution >= 0.6 is 11.6 Å². The van der Waals surface area contributed by atoms with E-state index in [9.17, 15) is 14.7 Å². The second kappa shape index (κ2) is 7.94. The Morgan fingerprint density at radius 1 is 1.07 bits per heavy atom. The zero-order valence-corrected chi connectivity index (χ0v) is 16.0. The monoisotopic (exact) mass is 384 g/mol. The number of likely N-dealkylation sites (N-methyl/N-ethyl adjacent to an activating group) is 1. The molecule has 1 atom stereocenters. The van der Waals surface area contributed by atoms with Gasteiger partial charge in [0.1, 0.15) is 5.76 Å². The number of halogens is 1. The number of hydrogen-bond donors (Lipinski definition) is 1. The Morgan fingerprint density at radius 2 is 1.70 bits per heavy atom. The van der Waals surface area contributed by atoms with E-state index in [2.05, 4.69) is 0 Å². The number of carbonyl (C=O) groups is 2. The zero-order valence-electron chi connectivity index (χ0n) is 15.2. The quantitative estimate of drug-likeness (QED) is 0.488. The smallest absolute Gasteiger partial charge is 0.295 e. The van der Waals surface area contributed by atoms with E-state index in [1.807, 2.05) is 49.3 Å². The molecule has 6 heteroatoms. The molecule has 0 radical (unpaired) electrons. The lowest BCUT2D eigenvalue weighted by Crippen LogP contribution is -2.35. The average molecular weight is 385 g/mol. The molecule has 1 heterocycles. The van der Waals surface area contributed by atoms with Crippen molar-refractivity contribution in [1.82, 2.24) is 9.80 Å². The fourth-order valence-corrected chi connectivity index (χ4v) is 3.29. The van der Waals surface area contributed by atoms with E-state index in [1.165, 1.54) is 4.90 Å². The van der Waals surface area contributed by atoms with Crippen LogP contribution in [0.1, 0.15) is 17.2 Å².